The van der Waals surface area contributed by atoms with Crippen LogP contribution in [0.3, 0.4) is 0 Å². The molecule has 0 heterocycles. The lowest BCUT2D eigenvalue weighted by molar-refractivity contribution is -0.117. The highest BCUT2D eigenvalue weighted by Gasteiger charge is 2.15. The monoisotopic (exact) mass is 282 g/mol. The molecule has 8 nitrogen and oxygen atoms in total. The lowest BCUT2D eigenvalue weighted by atomic mass is 9.99. The van der Waals surface area contributed by atoms with Crippen LogP contribution in [0.15, 0.2) is 12.1 Å². The molecular formula is C12H14N2O6-2. The first-order chi connectivity index (χ1) is 9.22. The van der Waals surface area contributed by atoms with Gasteiger partial charge in [0, 0.05) is 18.5 Å². The minimum Gasteiger partial charge on any atom is -0.769 e. The van der Waals surface area contributed by atoms with Crippen molar-refractivity contribution in [3.63, 3.8) is 0 Å². The van der Waals surface area contributed by atoms with E-state index in [1.165, 1.54) is 19.9 Å². The summed E-state index contributed by atoms with van der Waals surface area (Å²) in [6.07, 6.45) is -0.297. The molecule has 0 bridgehead atoms. The van der Waals surface area contributed by atoms with Crippen molar-refractivity contribution in [2.45, 2.75) is 26.7 Å². The van der Waals surface area contributed by atoms with Crippen LogP contribution in [0.2, 0.25) is 0 Å². The van der Waals surface area contributed by atoms with E-state index < -0.39 is 10.9 Å². The normalized spacial score (nSPS) is 10.3. The Morgan fingerprint density at radius 1 is 1.00 bits per heavy atom. The Bertz CT molecular complexity index is 484. The summed E-state index contributed by atoms with van der Waals surface area (Å²) in [6.45, 7) is 2.58. The number of hydrogen-bond donors (Lipinski definition) is 2. The van der Waals surface area contributed by atoms with Crippen molar-refractivity contribution in [3.05, 3.63) is 33.7 Å². The number of nitrogens with zero attached hydrogens (tertiary/aromatic N) is 2. The highest BCUT2D eigenvalue weighted by molar-refractivity contribution is 5.84. The van der Waals surface area contributed by atoms with Crippen molar-refractivity contribution in [3.8, 4) is 0 Å². The van der Waals surface area contributed by atoms with Crippen LogP contribution in [0.4, 0.5) is 11.4 Å². The van der Waals surface area contributed by atoms with E-state index in [4.69, 9.17) is 10.4 Å². The molecule has 0 aromatic heterocycles. The number of hydrogen-bond acceptors (Lipinski definition) is 8. The molecule has 0 fully saturated rings. The van der Waals surface area contributed by atoms with Crippen molar-refractivity contribution in [2.24, 2.45) is 0 Å². The first-order valence-corrected chi connectivity index (χ1v) is 5.69. The number of carbonyl (C=O) groups excluding carboxylic acids is 2. The van der Waals surface area contributed by atoms with Crippen molar-refractivity contribution >= 4 is 22.9 Å². The van der Waals surface area contributed by atoms with Crippen LogP contribution in [0.5, 0.6) is 0 Å². The summed E-state index contributed by atoms with van der Waals surface area (Å²) >= 11 is 0. The Kier molecular flexibility index (Phi) is 5.17. The number of anilines is 2. The van der Waals surface area contributed by atoms with Crippen LogP contribution in [0.1, 0.15) is 25.0 Å². The van der Waals surface area contributed by atoms with Crippen molar-refractivity contribution in [2.75, 3.05) is 10.5 Å². The van der Waals surface area contributed by atoms with Gasteiger partial charge in [0.2, 0.25) is 0 Å². The van der Waals surface area contributed by atoms with Crippen LogP contribution >= 0.6 is 0 Å². The molecule has 0 aliphatic rings. The fourth-order valence-electron chi connectivity index (χ4n) is 1.85. The largest absolute Gasteiger partial charge is 0.769 e. The van der Waals surface area contributed by atoms with Crippen LogP contribution < -0.4 is 10.5 Å². The molecule has 8 heteroatoms. The maximum Gasteiger partial charge on any atom is 0.134 e. The van der Waals surface area contributed by atoms with Crippen molar-refractivity contribution in [1.82, 2.24) is 0 Å². The van der Waals surface area contributed by atoms with Gasteiger partial charge in [-0.1, -0.05) is 6.07 Å². The van der Waals surface area contributed by atoms with E-state index in [9.17, 15) is 20.0 Å². The standard InChI is InChI=1S/C12H14N2O6/c1-7(15)3-9-5-10(4-8(2)16)12(14(19)20)6-11(9)13(17)18/h5-6,17-18H,3-4H2,1-2H3/q-2. The molecule has 2 N–H and O–H groups in total. The summed E-state index contributed by atoms with van der Waals surface area (Å²) in [7, 11) is 0. The Morgan fingerprint density at radius 2 is 1.45 bits per heavy atom. The molecule has 0 atom stereocenters. The Hall–Kier alpha value is -2.00. The number of benzene rings is 1. The molecule has 1 aromatic carbocycles. The summed E-state index contributed by atoms with van der Waals surface area (Å²) in [5.74, 6) is -0.532. The molecule has 0 saturated carbocycles. The second-order valence-corrected chi connectivity index (χ2v) is 4.41. The average Bonchev–Trinajstić information content (AvgIpc) is 2.26. The van der Waals surface area contributed by atoms with Crippen LogP contribution in [0.25, 0.3) is 0 Å². The smallest absolute Gasteiger partial charge is 0.134 e. The summed E-state index contributed by atoms with van der Waals surface area (Å²) < 4.78 is 0. The minimum absolute atomic E-state index is 0.129. The van der Waals surface area contributed by atoms with Gasteiger partial charge in [0.1, 0.15) is 11.6 Å². The van der Waals surface area contributed by atoms with Crippen molar-refractivity contribution < 1.29 is 20.0 Å². The van der Waals surface area contributed by atoms with E-state index in [-0.39, 0.29) is 46.4 Å². The second kappa shape index (κ2) is 6.44. The lowest BCUT2D eigenvalue weighted by Gasteiger charge is -2.39. The molecule has 0 aliphatic heterocycles. The first kappa shape index (κ1) is 16.1. The quantitative estimate of drug-likeness (QED) is 0.748. The van der Waals surface area contributed by atoms with Gasteiger partial charge >= 0.3 is 0 Å². The SMILES string of the molecule is CC(=O)Cc1cc(CC(C)=O)c(N(O)O)cc1N([O-])[O-]. The van der Waals surface area contributed by atoms with Gasteiger partial charge < -0.3 is 15.6 Å². The van der Waals surface area contributed by atoms with Gasteiger partial charge in [-0.25, -0.2) is 0 Å². The maximum absolute atomic E-state index is 11.2. The average molecular weight is 282 g/mol. The zero-order valence-corrected chi connectivity index (χ0v) is 11.0. The van der Waals surface area contributed by atoms with Crippen LogP contribution in [0, 0.1) is 10.4 Å². The van der Waals surface area contributed by atoms with E-state index in [2.05, 4.69) is 0 Å². The third-order valence-electron chi connectivity index (χ3n) is 2.57. The van der Waals surface area contributed by atoms with E-state index in [1.54, 1.807) is 0 Å². The zero-order chi connectivity index (χ0) is 15.4. The number of rotatable bonds is 6. The Morgan fingerprint density at radius 3 is 1.80 bits per heavy atom. The molecule has 1 aromatic rings. The molecule has 0 saturated heterocycles. The molecule has 0 unspecified atom stereocenters. The maximum atomic E-state index is 11.2. The molecule has 0 amide bonds. The second-order valence-electron chi connectivity index (χ2n) is 4.41. The van der Waals surface area contributed by atoms with Gasteiger partial charge in [-0.3, -0.25) is 20.0 Å². The Balaban J connectivity index is 3.42. The van der Waals surface area contributed by atoms with Crippen molar-refractivity contribution in [1.29, 1.82) is 0 Å². The summed E-state index contributed by atoms with van der Waals surface area (Å²) in [4.78, 5) is 22.3. The van der Waals surface area contributed by atoms with Crippen LogP contribution in [-0.2, 0) is 22.4 Å². The van der Waals surface area contributed by atoms with Crippen LogP contribution in [-0.4, -0.2) is 22.0 Å². The number of carbonyl (C=O) groups is 2. The third-order valence-corrected chi connectivity index (χ3v) is 2.57. The number of ketones is 2. The predicted octanol–water partition coefficient (Wildman–Crippen LogP) is 1.34. The van der Waals surface area contributed by atoms with E-state index >= 15 is 0 Å². The molecule has 1 rings (SSSR count). The number of Topliss-reactive ketones (excluding diaryl/α,β-unsaturated/α-hetero) is 2. The van der Waals surface area contributed by atoms with Gasteiger partial charge in [-0.2, -0.15) is 0 Å². The zero-order valence-electron chi connectivity index (χ0n) is 11.0. The minimum atomic E-state index is -0.719. The van der Waals surface area contributed by atoms with Gasteiger partial charge in [-0.05, 0) is 31.0 Å². The molecular weight excluding hydrogens is 268 g/mol. The predicted molar refractivity (Wildman–Crippen MR) is 70.5 cm³/mol. The first-order valence-electron chi connectivity index (χ1n) is 5.69. The van der Waals surface area contributed by atoms with E-state index in [0.29, 0.717) is 0 Å². The molecule has 20 heavy (non-hydrogen) atoms. The Labute approximate surface area is 114 Å². The fraction of sp³-hybridized carbons (Fsp3) is 0.333. The van der Waals surface area contributed by atoms with Gasteiger partial charge in [0.05, 0.1) is 5.69 Å². The molecule has 0 spiro atoms. The lowest BCUT2D eigenvalue weighted by Crippen LogP contribution is -2.17. The van der Waals surface area contributed by atoms with E-state index in [0.717, 1.165) is 6.07 Å². The topological polar surface area (TPSA) is 127 Å². The van der Waals surface area contributed by atoms with Gasteiger partial charge in [0.15, 0.2) is 0 Å². The van der Waals surface area contributed by atoms with Gasteiger partial charge in [-0.15, -0.1) is 5.23 Å². The summed E-state index contributed by atoms with van der Waals surface area (Å²) in [6, 6.07) is 2.20. The molecule has 0 aliphatic carbocycles. The summed E-state index contributed by atoms with van der Waals surface area (Å²) in [5, 5.41) is 39.1. The third kappa shape index (κ3) is 4.00. The molecule has 0 radical (unpaired) electrons. The summed E-state index contributed by atoms with van der Waals surface area (Å²) in [5.41, 5.74) is -0.344. The highest BCUT2D eigenvalue weighted by atomic mass is 16.8. The highest BCUT2D eigenvalue weighted by Crippen LogP contribution is 2.30. The van der Waals surface area contributed by atoms with Gasteiger partial charge in [0.25, 0.3) is 0 Å². The fourth-order valence-corrected chi connectivity index (χ4v) is 1.85. The molecule has 110 valence electrons. The van der Waals surface area contributed by atoms with E-state index in [1.807, 2.05) is 0 Å².